The molecule has 1 aromatic carbocycles. The van der Waals surface area contributed by atoms with E-state index in [0.717, 1.165) is 11.1 Å². The Bertz CT molecular complexity index is 514. The monoisotopic (exact) mass is 242 g/mol. The highest BCUT2D eigenvalue weighted by Gasteiger charge is 2.15. The summed E-state index contributed by atoms with van der Waals surface area (Å²) in [5.74, 6) is 6.33. The molecular formula is C14H18N4. The number of hydrogen-bond donors (Lipinski definition) is 2. The van der Waals surface area contributed by atoms with Gasteiger partial charge in [0.15, 0.2) is 5.82 Å². The Hall–Kier alpha value is -1.78. The first-order chi connectivity index (χ1) is 8.60. The Kier molecular flexibility index (Phi) is 3.69. The predicted molar refractivity (Wildman–Crippen MR) is 71.9 cm³/mol. The molecule has 0 saturated heterocycles. The molecule has 2 rings (SSSR count). The van der Waals surface area contributed by atoms with Crippen LogP contribution in [0.5, 0.6) is 0 Å². The van der Waals surface area contributed by atoms with Crippen LogP contribution in [0.4, 0.5) is 0 Å². The summed E-state index contributed by atoms with van der Waals surface area (Å²) in [5.41, 5.74) is 7.31. The fourth-order valence-electron chi connectivity index (χ4n) is 2.05. The van der Waals surface area contributed by atoms with Crippen LogP contribution >= 0.6 is 0 Å². The number of rotatable bonds is 3. The Morgan fingerprint density at radius 3 is 2.00 bits per heavy atom. The predicted octanol–water partition coefficient (Wildman–Crippen LogP) is 1.95. The fourth-order valence-corrected chi connectivity index (χ4v) is 2.05. The van der Waals surface area contributed by atoms with Crippen LogP contribution in [0, 0.1) is 20.8 Å². The molecule has 0 aliphatic rings. The van der Waals surface area contributed by atoms with E-state index in [1.165, 1.54) is 11.1 Å². The van der Waals surface area contributed by atoms with Crippen molar-refractivity contribution >= 4 is 0 Å². The van der Waals surface area contributed by atoms with Crippen molar-refractivity contribution in [1.29, 1.82) is 0 Å². The second-order valence-electron chi connectivity index (χ2n) is 4.64. The molecule has 1 heterocycles. The van der Waals surface area contributed by atoms with Gasteiger partial charge in [-0.2, -0.15) is 0 Å². The summed E-state index contributed by atoms with van der Waals surface area (Å²) < 4.78 is 0. The minimum Gasteiger partial charge on any atom is -0.270 e. The molecule has 1 aromatic heterocycles. The van der Waals surface area contributed by atoms with E-state index in [9.17, 15) is 0 Å². The molecule has 4 heteroatoms. The van der Waals surface area contributed by atoms with E-state index in [4.69, 9.17) is 5.84 Å². The van der Waals surface area contributed by atoms with Crippen LogP contribution in [0.15, 0.2) is 30.6 Å². The molecule has 3 N–H and O–H groups in total. The molecule has 0 aliphatic heterocycles. The average molecular weight is 242 g/mol. The van der Waals surface area contributed by atoms with Crippen molar-refractivity contribution in [2.75, 3.05) is 0 Å². The third-order valence-electron chi connectivity index (χ3n) is 2.80. The fraction of sp³-hybridized carbons (Fsp3) is 0.286. The van der Waals surface area contributed by atoms with Gasteiger partial charge in [-0.05, 0) is 31.9 Å². The van der Waals surface area contributed by atoms with Crippen molar-refractivity contribution < 1.29 is 0 Å². The number of aromatic nitrogens is 2. The van der Waals surface area contributed by atoms with Crippen molar-refractivity contribution in [2.45, 2.75) is 26.8 Å². The first kappa shape index (κ1) is 12.7. The van der Waals surface area contributed by atoms with Gasteiger partial charge in [0.2, 0.25) is 0 Å². The van der Waals surface area contributed by atoms with E-state index in [1.807, 2.05) is 6.92 Å². The Morgan fingerprint density at radius 1 is 0.944 bits per heavy atom. The Labute approximate surface area is 107 Å². The molecule has 18 heavy (non-hydrogen) atoms. The van der Waals surface area contributed by atoms with Gasteiger partial charge in [0.05, 0.1) is 0 Å². The number of aryl methyl sites for hydroxylation is 3. The van der Waals surface area contributed by atoms with Crippen LogP contribution in [-0.2, 0) is 0 Å². The van der Waals surface area contributed by atoms with Crippen LogP contribution in [-0.4, -0.2) is 9.97 Å². The van der Waals surface area contributed by atoms with Crippen LogP contribution in [0.1, 0.15) is 34.1 Å². The van der Waals surface area contributed by atoms with Gasteiger partial charge in [-0.1, -0.05) is 29.3 Å². The number of hydrazine groups is 1. The zero-order valence-electron chi connectivity index (χ0n) is 10.9. The van der Waals surface area contributed by atoms with Crippen molar-refractivity contribution in [2.24, 2.45) is 5.84 Å². The summed E-state index contributed by atoms with van der Waals surface area (Å²) in [5, 5.41) is 0. The lowest BCUT2D eigenvalue weighted by molar-refractivity contribution is 0.600. The Morgan fingerprint density at radius 2 is 1.50 bits per heavy atom. The lowest BCUT2D eigenvalue weighted by atomic mass is 10.0. The van der Waals surface area contributed by atoms with Gasteiger partial charge in [0.1, 0.15) is 6.04 Å². The van der Waals surface area contributed by atoms with Crippen molar-refractivity contribution in [1.82, 2.24) is 15.4 Å². The van der Waals surface area contributed by atoms with Gasteiger partial charge < -0.3 is 0 Å². The van der Waals surface area contributed by atoms with E-state index in [0.29, 0.717) is 5.82 Å². The maximum absolute atomic E-state index is 5.65. The molecule has 4 nitrogen and oxygen atoms in total. The lowest BCUT2D eigenvalue weighted by Crippen LogP contribution is -2.30. The maximum Gasteiger partial charge on any atom is 0.150 e. The lowest BCUT2D eigenvalue weighted by Gasteiger charge is -2.16. The van der Waals surface area contributed by atoms with Gasteiger partial charge in [0.25, 0.3) is 0 Å². The van der Waals surface area contributed by atoms with E-state index in [-0.39, 0.29) is 6.04 Å². The van der Waals surface area contributed by atoms with Gasteiger partial charge in [-0.15, -0.1) is 0 Å². The average Bonchev–Trinajstić information content (AvgIpc) is 2.31. The molecule has 0 amide bonds. The molecule has 0 bridgehead atoms. The quantitative estimate of drug-likeness (QED) is 0.638. The number of nitrogens with two attached hydrogens (primary N) is 1. The number of hydrogen-bond acceptors (Lipinski definition) is 4. The SMILES string of the molecule is Cc1cnc(C(NN)c2cc(C)cc(C)c2)nc1. The summed E-state index contributed by atoms with van der Waals surface area (Å²) >= 11 is 0. The molecule has 0 spiro atoms. The van der Waals surface area contributed by atoms with Gasteiger partial charge >= 0.3 is 0 Å². The third kappa shape index (κ3) is 2.72. The summed E-state index contributed by atoms with van der Waals surface area (Å²) in [4.78, 5) is 8.66. The largest absolute Gasteiger partial charge is 0.270 e. The van der Waals surface area contributed by atoms with Crippen molar-refractivity contribution in [3.05, 3.63) is 58.7 Å². The van der Waals surface area contributed by atoms with Crippen LogP contribution in [0.2, 0.25) is 0 Å². The molecular weight excluding hydrogens is 224 g/mol. The van der Waals surface area contributed by atoms with Gasteiger partial charge in [-0.25, -0.2) is 15.4 Å². The molecule has 1 atom stereocenters. The molecule has 94 valence electrons. The van der Waals surface area contributed by atoms with Crippen LogP contribution in [0.3, 0.4) is 0 Å². The summed E-state index contributed by atoms with van der Waals surface area (Å²) in [6.45, 7) is 6.10. The normalized spacial score (nSPS) is 12.4. The number of nitrogens with one attached hydrogen (secondary N) is 1. The van der Waals surface area contributed by atoms with Crippen LogP contribution in [0.25, 0.3) is 0 Å². The molecule has 0 aliphatic carbocycles. The third-order valence-corrected chi connectivity index (χ3v) is 2.80. The zero-order chi connectivity index (χ0) is 13.1. The number of nitrogens with zero attached hydrogens (tertiary/aromatic N) is 2. The summed E-state index contributed by atoms with van der Waals surface area (Å²) in [6, 6.07) is 6.15. The smallest absolute Gasteiger partial charge is 0.150 e. The second kappa shape index (κ2) is 5.25. The van der Waals surface area contributed by atoms with Gasteiger partial charge in [0, 0.05) is 12.4 Å². The first-order valence-electron chi connectivity index (χ1n) is 5.93. The number of benzene rings is 1. The van der Waals surface area contributed by atoms with Gasteiger partial charge in [-0.3, -0.25) is 5.84 Å². The zero-order valence-corrected chi connectivity index (χ0v) is 10.9. The molecule has 0 saturated carbocycles. The first-order valence-corrected chi connectivity index (χ1v) is 5.93. The second-order valence-corrected chi connectivity index (χ2v) is 4.64. The molecule has 0 fully saturated rings. The van der Waals surface area contributed by atoms with Crippen molar-refractivity contribution in [3.8, 4) is 0 Å². The highest BCUT2D eigenvalue weighted by molar-refractivity contribution is 5.33. The highest BCUT2D eigenvalue weighted by Crippen LogP contribution is 2.20. The molecule has 0 radical (unpaired) electrons. The van der Waals surface area contributed by atoms with E-state index in [2.05, 4.69) is 47.4 Å². The molecule has 1 unspecified atom stereocenters. The standard InChI is InChI=1S/C14H18N4/c1-9-4-10(2)6-12(5-9)13(18-15)14-16-7-11(3)8-17-14/h4-8,13,18H,15H2,1-3H3. The maximum atomic E-state index is 5.65. The van der Waals surface area contributed by atoms with Crippen LogP contribution < -0.4 is 11.3 Å². The van der Waals surface area contributed by atoms with E-state index in [1.54, 1.807) is 12.4 Å². The summed E-state index contributed by atoms with van der Waals surface area (Å²) in [6.07, 6.45) is 3.60. The van der Waals surface area contributed by atoms with E-state index < -0.39 is 0 Å². The molecule has 2 aromatic rings. The minimum absolute atomic E-state index is 0.177. The minimum atomic E-state index is -0.177. The topological polar surface area (TPSA) is 63.8 Å². The van der Waals surface area contributed by atoms with E-state index >= 15 is 0 Å². The highest BCUT2D eigenvalue weighted by atomic mass is 15.2. The Balaban J connectivity index is 2.41. The summed E-state index contributed by atoms with van der Waals surface area (Å²) in [7, 11) is 0. The van der Waals surface area contributed by atoms with Crippen molar-refractivity contribution in [3.63, 3.8) is 0 Å².